The molecule has 0 aliphatic rings. The molecule has 1 heterocycles. The zero-order valence-corrected chi connectivity index (χ0v) is 10.6. The maximum atomic E-state index is 5.79. The maximum Gasteiger partial charge on any atom is 0.166 e. The molecule has 0 saturated heterocycles. The van der Waals surface area contributed by atoms with Crippen molar-refractivity contribution in [2.45, 2.75) is 13.2 Å². The van der Waals surface area contributed by atoms with Gasteiger partial charge in [-0.1, -0.05) is 12.1 Å². The summed E-state index contributed by atoms with van der Waals surface area (Å²) in [5.41, 5.74) is 6.62. The molecule has 2 aromatic rings. The number of benzene rings is 1. The largest absolute Gasteiger partial charge is 0.493 e. The molecule has 0 aliphatic carbocycles. The molecular weight excluding hydrogens is 230 g/mol. The molecule has 0 atom stereocenters. The fraction of sp³-hybridized carbons (Fsp3) is 0.308. The van der Waals surface area contributed by atoms with Crippen LogP contribution in [0, 0.1) is 0 Å². The average molecular weight is 247 g/mol. The van der Waals surface area contributed by atoms with Gasteiger partial charge in [0.25, 0.3) is 0 Å². The predicted molar refractivity (Wildman–Crippen MR) is 68.4 cm³/mol. The second-order valence-electron chi connectivity index (χ2n) is 3.90. The van der Waals surface area contributed by atoms with Crippen LogP contribution in [0.4, 0.5) is 0 Å². The van der Waals surface area contributed by atoms with E-state index in [-0.39, 0.29) is 0 Å². The Labute approximate surface area is 106 Å². The van der Waals surface area contributed by atoms with Gasteiger partial charge < -0.3 is 19.8 Å². The quantitative estimate of drug-likeness (QED) is 0.869. The van der Waals surface area contributed by atoms with Crippen LogP contribution in [-0.2, 0) is 20.2 Å². The normalized spacial score (nSPS) is 10.4. The van der Waals surface area contributed by atoms with E-state index in [1.54, 1.807) is 13.3 Å². The van der Waals surface area contributed by atoms with Crippen LogP contribution in [0.25, 0.3) is 0 Å². The van der Waals surface area contributed by atoms with Crippen LogP contribution in [-0.4, -0.2) is 16.7 Å². The molecule has 0 fully saturated rings. The van der Waals surface area contributed by atoms with Gasteiger partial charge >= 0.3 is 0 Å². The van der Waals surface area contributed by atoms with E-state index >= 15 is 0 Å². The number of imidazole rings is 1. The van der Waals surface area contributed by atoms with E-state index in [1.165, 1.54) is 0 Å². The van der Waals surface area contributed by atoms with E-state index in [0.29, 0.717) is 24.7 Å². The number of aryl methyl sites for hydroxylation is 1. The summed E-state index contributed by atoms with van der Waals surface area (Å²) >= 11 is 0. The fourth-order valence-electron chi connectivity index (χ4n) is 1.72. The van der Waals surface area contributed by atoms with Crippen molar-refractivity contribution in [1.82, 2.24) is 9.55 Å². The summed E-state index contributed by atoms with van der Waals surface area (Å²) in [4.78, 5) is 4.21. The first-order valence-electron chi connectivity index (χ1n) is 5.71. The summed E-state index contributed by atoms with van der Waals surface area (Å²) in [5, 5.41) is 0. The Bertz CT molecular complexity index is 500. The Kier molecular flexibility index (Phi) is 3.84. The van der Waals surface area contributed by atoms with Gasteiger partial charge in [0, 0.05) is 31.5 Å². The molecule has 0 unspecified atom stereocenters. The van der Waals surface area contributed by atoms with Crippen molar-refractivity contribution in [1.29, 1.82) is 0 Å². The van der Waals surface area contributed by atoms with E-state index in [9.17, 15) is 0 Å². The molecule has 2 N–H and O–H groups in total. The van der Waals surface area contributed by atoms with Gasteiger partial charge in [0.1, 0.15) is 12.4 Å². The predicted octanol–water partition coefficient (Wildman–Crippen LogP) is 1.47. The van der Waals surface area contributed by atoms with Gasteiger partial charge in [-0.3, -0.25) is 0 Å². The van der Waals surface area contributed by atoms with E-state index in [1.807, 2.05) is 36.0 Å². The second-order valence-corrected chi connectivity index (χ2v) is 3.90. The molecule has 96 valence electrons. The summed E-state index contributed by atoms with van der Waals surface area (Å²) in [7, 11) is 3.54. The van der Waals surface area contributed by atoms with Crippen LogP contribution in [0.5, 0.6) is 11.5 Å². The molecule has 1 aromatic heterocycles. The highest BCUT2D eigenvalue weighted by atomic mass is 16.5. The maximum absolute atomic E-state index is 5.79. The Morgan fingerprint density at radius 1 is 1.39 bits per heavy atom. The number of ether oxygens (including phenoxy) is 2. The number of hydrogen-bond acceptors (Lipinski definition) is 4. The lowest BCUT2D eigenvalue weighted by Crippen LogP contribution is -2.07. The molecule has 0 saturated carbocycles. The average Bonchev–Trinajstić information content (AvgIpc) is 2.81. The molecule has 0 amide bonds. The summed E-state index contributed by atoms with van der Waals surface area (Å²) in [6, 6.07) is 5.68. The summed E-state index contributed by atoms with van der Waals surface area (Å²) in [6.07, 6.45) is 3.62. The Hall–Kier alpha value is -2.01. The van der Waals surface area contributed by atoms with E-state index < -0.39 is 0 Å². The summed E-state index contributed by atoms with van der Waals surface area (Å²) in [5.74, 6) is 2.22. The van der Waals surface area contributed by atoms with Gasteiger partial charge in [-0.25, -0.2) is 4.98 Å². The number of rotatable bonds is 5. The first-order valence-corrected chi connectivity index (χ1v) is 5.71. The molecule has 0 aliphatic heterocycles. The molecule has 5 nitrogen and oxygen atoms in total. The number of aromatic nitrogens is 2. The number of nitrogens with zero attached hydrogens (tertiary/aromatic N) is 2. The third-order valence-corrected chi connectivity index (χ3v) is 2.77. The fourth-order valence-corrected chi connectivity index (χ4v) is 1.72. The SMILES string of the molecule is COc1cccc(CN)c1OCc1nccn1C. The zero-order valence-electron chi connectivity index (χ0n) is 10.6. The number of nitrogens with two attached hydrogens (primary N) is 1. The first-order chi connectivity index (χ1) is 8.76. The van der Waals surface area contributed by atoms with Gasteiger partial charge in [0.2, 0.25) is 0 Å². The number of para-hydroxylation sites is 1. The Morgan fingerprint density at radius 3 is 2.83 bits per heavy atom. The van der Waals surface area contributed by atoms with Crippen molar-refractivity contribution in [3.8, 4) is 11.5 Å². The van der Waals surface area contributed by atoms with Crippen LogP contribution in [0.15, 0.2) is 30.6 Å². The highest BCUT2D eigenvalue weighted by molar-refractivity contribution is 5.46. The van der Waals surface area contributed by atoms with Gasteiger partial charge in [-0.15, -0.1) is 0 Å². The van der Waals surface area contributed by atoms with Crippen LogP contribution in [0.3, 0.4) is 0 Å². The molecule has 0 radical (unpaired) electrons. The van der Waals surface area contributed by atoms with Crippen LogP contribution >= 0.6 is 0 Å². The molecular formula is C13H17N3O2. The number of hydrogen-bond donors (Lipinski definition) is 1. The number of methoxy groups -OCH3 is 1. The minimum absolute atomic E-state index is 0.386. The lowest BCUT2D eigenvalue weighted by molar-refractivity contribution is 0.270. The third kappa shape index (κ3) is 2.46. The van der Waals surface area contributed by atoms with Gasteiger partial charge in [0.15, 0.2) is 11.5 Å². The highest BCUT2D eigenvalue weighted by Crippen LogP contribution is 2.31. The molecule has 5 heteroatoms. The van der Waals surface area contributed by atoms with Crippen LogP contribution in [0.2, 0.25) is 0 Å². The van der Waals surface area contributed by atoms with Crippen molar-refractivity contribution < 1.29 is 9.47 Å². The van der Waals surface area contributed by atoms with Crippen molar-refractivity contribution >= 4 is 0 Å². The van der Waals surface area contributed by atoms with E-state index in [0.717, 1.165) is 11.4 Å². The smallest absolute Gasteiger partial charge is 0.166 e. The minimum Gasteiger partial charge on any atom is -0.493 e. The monoisotopic (exact) mass is 247 g/mol. The Morgan fingerprint density at radius 2 is 2.22 bits per heavy atom. The molecule has 0 spiro atoms. The highest BCUT2D eigenvalue weighted by Gasteiger charge is 2.10. The lowest BCUT2D eigenvalue weighted by Gasteiger charge is -2.14. The van der Waals surface area contributed by atoms with Gasteiger partial charge in [-0.05, 0) is 6.07 Å². The van der Waals surface area contributed by atoms with Crippen LogP contribution in [0.1, 0.15) is 11.4 Å². The summed E-state index contributed by atoms with van der Waals surface area (Å²) in [6.45, 7) is 0.796. The second kappa shape index (κ2) is 5.55. The minimum atomic E-state index is 0.386. The van der Waals surface area contributed by atoms with Crippen molar-refractivity contribution in [3.05, 3.63) is 42.0 Å². The van der Waals surface area contributed by atoms with E-state index in [2.05, 4.69) is 4.98 Å². The molecule has 1 aromatic carbocycles. The van der Waals surface area contributed by atoms with Crippen molar-refractivity contribution in [2.75, 3.05) is 7.11 Å². The molecule has 0 bridgehead atoms. The first kappa shape index (κ1) is 12.4. The Balaban J connectivity index is 2.20. The van der Waals surface area contributed by atoms with Crippen molar-refractivity contribution in [3.63, 3.8) is 0 Å². The standard InChI is InChI=1S/C13H17N3O2/c1-16-7-6-15-12(16)9-18-13-10(8-14)4-3-5-11(13)17-2/h3-7H,8-9,14H2,1-2H3. The lowest BCUT2D eigenvalue weighted by atomic mass is 10.2. The topological polar surface area (TPSA) is 62.3 Å². The van der Waals surface area contributed by atoms with E-state index in [4.69, 9.17) is 15.2 Å². The van der Waals surface area contributed by atoms with Gasteiger partial charge in [0.05, 0.1) is 7.11 Å². The van der Waals surface area contributed by atoms with Crippen LogP contribution < -0.4 is 15.2 Å². The zero-order chi connectivity index (χ0) is 13.0. The van der Waals surface area contributed by atoms with Crippen molar-refractivity contribution in [2.24, 2.45) is 12.8 Å². The molecule has 2 rings (SSSR count). The van der Waals surface area contributed by atoms with Gasteiger partial charge in [-0.2, -0.15) is 0 Å². The third-order valence-electron chi connectivity index (χ3n) is 2.77. The molecule has 18 heavy (non-hydrogen) atoms. The summed E-state index contributed by atoms with van der Waals surface area (Å²) < 4.78 is 13.0.